The third-order valence-electron chi connectivity index (χ3n) is 3.20. The van der Waals surface area contributed by atoms with Gasteiger partial charge in [0.05, 0.1) is 23.0 Å². The molecule has 0 aliphatic rings. The van der Waals surface area contributed by atoms with E-state index in [-0.39, 0.29) is 0 Å². The molecule has 1 heterocycles. The molecule has 0 spiro atoms. The van der Waals surface area contributed by atoms with Gasteiger partial charge in [-0.3, -0.25) is 0 Å². The molecule has 3 rings (SSSR count). The molecule has 0 saturated carbocycles. The van der Waals surface area contributed by atoms with Crippen molar-refractivity contribution in [3.63, 3.8) is 0 Å². The number of benzene rings is 2. The van der Waals surface area contributed by atoms with Gasteiger partial charge in [-0.2, -0.15) is 0 Å². The minimum absolute atomic E-state index is 0.875. The van der Waals surface area contributed by atoms with E-state index in [2.05, 4.69) is 23.1 Å². The van der Waals surface area contributed by atoms with E-state index in [1.165, 1.54) is 4.70 Å². The van der Waals surface area contributed by atoms with Crippen LogP contribution in [0.3, 0.4) is 0 Å². The number of methoxy groups -OCH3 is 1. The molecule has 3 aromatic rings. The molecular weight excluding hydrogens is 268 g/mol. The smallest absolute Gasteiger partial charge is 0.142 e. The van der Waals surface area contributed by atoms with Crippen molar-refractivity contribution < 1.29 is 4.74 Å². The van der Waals surface area contributed by atoms with Gasteiger partial charge in [0.25, 0.3) is 0 Å². The Bertz CT molecular complexity index is 716. The second kappa shape index (κ2) is 5.13. The van der Waals surface area contributed by atoms with Crippen LogP contribution in [0.5, 0.6) is 5.75 Å². The number of aromatic nitrogens is 1. The summed E-state index contributed by atoms with van der Waals surface area (Å²) in [6.07, 6.45) is 0. The summed E-state index contributed by atoms with van der Waals surface area (Å²) in [5.74, 6) is 0.875. The van der Waals surface area contributed by atoms with E-state index in [4.69, 9.17) is 9.72 Å². The highest BCUT2D eigenvalue weighted by molar-refractivity contribution is 7.21. The number of rotatable bonds is 3. The zero-order valence-corrected chi connectivity index (χ0v) is 12.6. The lowest BCUT2D eigenvalue weighted by Gasteiger charge is -2.17. The first-order chi connectivity index (χ1) is 9.69. The van der Waals surface area contributed by atoms with Crippen LogP contribution in [0.1, 0.15) is 0 Å². The molecule has 0 radical (unpaired) electrons. The zero-order valence-electron chi connectivity index (χ0n) is 11.8. The standard InChI is InChI=1S/C16H16N2OS/c1-18(2)13-10-11(8-9-14(13)19-3)16-17-12-6-4-5-7-15(12)20-16/h4-10H,1-3H3. The maximum absolute atomic E-state index is 5.40. The molecule has 0 amide bonds. The van der Waals surface area contributed by atoms with Crippen LogP contribution >= 0.6 is 11.3 Å². The third-order valence-corrected chi connectivity index (χ3v) is 4.29. The quantitative estimate of drug-likeness (QED) is 0.726. The summed E-state index contributed by atoms with van der Waals surface area (Å²) in [7, 11) is 5.72. The molecular formula is C16H16N2OS. The van der Waals surface area contributed by atoms with Crippen LogP contribution in [0.25, 0.3) is 20.8 Å². The fourth-order valence-electron chi connectivity index (χ4n) is 2.17. The number of fused-ring (bicyclic) bond motifs is 1. The number of hydrogen-bond acceptors (Lipinski definition) is 4. The van der Waals surface area contributed by atoms with Crippen LogP contribution in [0.2, 0.25) is 0 Å². The average Bonchev–Trinajstić information content (AvgIpc) is 2.90. The molecule has 1 aromatic heterocycles. The van der Waals surface area contributed by atoms with Crippen molar-refractivity contribution in [1.82, 2.24) is 4.98 Å². The van der Waals surface area contributed by atoms with E-state index < -0.39 is 0 Å². The highest BCUT2D eigenvalue weighted by Gasteiger charge is 2.10. The van der Waals surface area contributed by atoms with Crippen molar-refractivity contribution in [2.45, 2.75) is 0 Å². The molecule has 0 fully saturated rings. The molecule has 102 valence electrons. The van der Waals surface area contributed by atoms with Crippen molar-refractivity contribution >= 4 is 27.2 Å². The summed E-state index contributed by atoms with van der Waals surface area (Å²) in [4.78, 5) is 6.75. The minimum Gasteiger partial charge on any atom is -0.495 e. The number of para-hydroxylation sites is 1. The van der Waals surface area contributed by atoms with Gasteiger partial charge in [-0.1, -0.05) is 12.1 Å². The van der Waals surface area contributed by atoms with Gasteiger partial charge in [0, 0.05) is 19.7 Å². The third kappa shape index (κ3) is 2.23. The fourth-order valence-corrected chi connectivity index (χ4v) is 3.13. The van der Waals surface area contributed by atoms with Gasteiger partial charge in [-0.05, 0) is 30.3 Å². The lowest BCUT2D eigenvalue weighted by molar-refractivity contribution is 0.415. The molecule has 2 aromatic carbocycles. The summed E-state index contributed by atoms with van der Waals surface area (Å²) in [6.45, 7) is 0. The van der Waals surface area contributed by atoms with Crippen molar-refractivity contribution in [2.24, 2.45) is 0 Å². The highest BCUT2D eigenvalue weighted by Crippen LogP contribution is 2.35. The molecule has 0 unspecified atom stereocenters. The number of thiazole rings is 1. The largest absolute Gasteiger partial charge is 0.495 e. The number of anilines is 1. The van der Waals surface area contributed by atoms with Crippen LogP contribution in [0, 0.1) is 0 Å². The molecule has 3 nitrogen and oxygen atoms in total. The lowest BCUT2D eigenvalue weighted by Crippen LogP contribution is -2.10. The first-order valence-electron chi connectivity index (χ1n) is 6.40. The normalized spacial score (nSPS) is 10.8. The summed E-state index contributed by atoms with van der Waals surface area (Å²) in [6, 6.07) is 14.4. The Morgan fingerprint density at radius 2 is 1.90 bits per heavy atom. The average molecular weight is 284 g/mol. The Morgan fingerprint density at radius 3 is 2.60 bits per heavy atom. The molecule has 0 aliphatic heterocycles. The van der Waals surface area contributed by atoms with Crippen LogP contribution in [-0.4, -0.2) is 26.2 Å². The molecule has 0 atom stereocenters. The molecule has 20 heavy (non-hydrogen) atoms. The Hall–Kier alpha value is -2.07. The van der Waals surface area contributed by atoms with Gasteiger partial charge in [0.15, 0.2) is 0 Å². The summed E-state index contributed by atoms with van der Waals surface area (Å²) >= 11 is 1.71. The second-order valence-corrected chi connectivity index (χ2v) is 5.80. The summed E-state index contributed by atoms with van der Waals surface area (Å²) in [5.41, 5.74) is 3.23. The summed E-state index contributed by atoms with van der Waals surface area (Å²) < 4.78 is 6.61. The van der Waals surface area contributed by atoms with E-state index in [0.717, 1.165) is 27.5 Å². The monoisotopic (exact) mass is 284 g/mol. The van der Waals surface area contributed by atoms with Gasteiger partial charge >= 0.3 is 0 Å². The minimum atomic E-state index is 0.875. The topological polar surface area (TPSA) is 25.4 Å². The molecule has 4 heteroatoms. The van der Waals surface area contributed by atoms with E-state index in [1.54, 1.807) is 18.4 Å². The fraction of sp³-hybridized carbons (Fsp3) is 0.188. The highest BCUT2D eigenvalue weighted by atomic mass is 32.1. The maximum atomic E-state index is 5.40. The Kier molecular flexibility index (Phi) is 3.32. The van der Waals surface area contributed by atoms with Gasteiger partial charge in [0.2, 0.25) is 0 Å². The predicted molar refractivity (Wildman–Crippen MR) is 85.9 cm³/mol. The van der Waals surface area contributed by atoms with Crippen LogP contribution in [0.15, 0.2) is 42.5 Å². The van der Waals surface area contributed by atoms with Crippen LogP contribution in [-0.2, 0) is 0 Å². The number of nitrogens with zero attached hydrogens (tertiary/aromatic N) is 2. The van der Waals surface area contributed by atoms with E-state index in [0.29, 0.717) is 0 Å². The molecule has 0 N–H and O–H groups in total. The lowest BCUT2D eigenvalue weighted by atomic mass is 10.2. The first kappa shape index (κ1) is 12.9. The Morgan fingerprint density at radius 1 is 1.10 bits per heavy atom. The van der Waals surface area contributed by atoms with Gasteiger partial charge in [-0.25, -0.2) is 4.98 Å². The van der Waals surface area contributed by atoms with Gasteiger partial charge < -0.3 is 9.64 Å². The second-order valence-electron chi connectivity index (χ2n) is 4.77. The number of hydrogen-bond donors (Lipinski definition) is 0. The van der Waals surface area contributed by atoms with Crippen LogP contribution < -0.4 is 9.64 Å². The SMILES string of the molecule is COc1ccc(-c2nc3ccccc3s2)cc1N(C)C. The number of ether oxygens (including phenoxy) is 1. The van der Waals surface area contributed by atoms with Crippen LogP contribution in [0.4, 0.5) is 5.69 Å². The Labute approximate surface area is 122 Å². The molecule has 0 aliphatic carbocycles. The first-order valence-corrected chi connectivity index (χ1v) is 7.22. The van der Waals surface area contributed by atoms with Gasteiger partial charge in [-0.15, -0.1) is 11.3 Å². The van der Waals surface area contributed by atoms with Crippen molar-refractivity contribution in [2.75, 3.05) is 26.1 Å². The van der Waals surface area contributed by atoms with Gasteiger partial charge in [0.1, 0.15) is 10.8 Å². The molecule has 0 saturated heterocycles. The van der Waals surface area contributed by atoms with E-state index in [9.17, 15) is 0 Å². The van der Waals surface area contributed by atoms with E-state index >= 15 is 0 Å². The Balaban J connectivity index is 2.11. The predicted octanol–water partition coefficient (Wildman–Crippen LogP) is 4.04. The van der Waals surface area contributed by atoms with Crippen molar-refractivity contribution in [1.29, 1.82) is 0 Å². The summed E-state index contributed by atoms with van der Waals surface area (Å²) in [5, 5.41) is 1.04. The maximum Gasteiger partial charge on any atom is 0.142 e. The van der Waals surface area contributed by atoms with Crippen molar-refractivity contribution in [3.8, 4) is 16.3 Å². The molecule has 0 bridgehead atoms. The zero-order chi connectivity index (χ0) is 14.1. The van der Waals surface area contributed by atoms with Crippen molar-refractivity contribution in [3.05, 3.63) is 42.5 Å². The van der Waals surface area contributed by atoms with E-state index in [1.807, 2.05) is 38.4 Å².